The molecule has 0 aromatic heterocycles. The molecule has 0 bridgehead atoms. The van der Waals surface area contributed by atoms with Crippen LogP contribution < -0.4 is 15.8 Å². The summed E-state index contributed by atoms with van der Waals surface area (Å²) < 4.78 is 5.27. The van der Waals surface area contributed by atoms with Gasteiger partial charge < -0.3 is 15.8 Å². The van der Waals surface area contributed by atoms with E-state index in [0.29, 0.717) is 17.5 Å². The Morgan fingerprint density at radius 3 is 2.95 bits per heavy atom. The molecule has 0 aliphatic heterocycles. The van der Waals surface area contributed by atoms with Crippen molar-refractivity contribution in [2.45, 2.75) is 25.8 Å². The third kappa shape index (κ3) is 4.03. The van der Waals surface area contributed by atoms with E-state index in [1.165, 1.54) is 19.3 Å². The fourth-order valence-electron chi connectivity index (χ4n) is 2.04. The summed E-state index contributed by atoms with van der Waals surface area (Å²) in [5.41, 5.74) is 6.78. The number of rotatable bonds is 5. The van der Waals surface area contributed by atoms with Crippen molar-refractivity contribution in [3.63, 3.8) is 0 Å². The second kappa shape index (κ2) is 6.66. The molecule has 0 unspecified atom stereocenters. The Hall–Kier alpha value is -1.42. The van der Waals surface area contributed by atoms with Crippen LogP contribution >= 0.6 is 11.6 Å². The molecule has 1 aromatic rings. The molecule has 1 saturated carbocycles. The van der Waals surface area contributed by atoms with Crippen molar-refractivity contribution in [3.8, 4) is 5.75 Å². The number of aliphatic imine (C=N–C) groups is 1. The second-order valence-corrected chi connectivity index (χ2v) is 5.27. The topological polar surface area (TPSA) is 59.6 Å². The van der Waals surface area contributed by atoms with Gasteiger partial charge in [-0.15, -0.1) is 0 Å². The molecule has 4 nitrogen and oxygen atoms in total. The van der Waals surface area contributed by atoms with Gasteiger partial charge in [0, 0.05) is 17.1 Å². The van der Waals surface area contributed by atoms with Gasteiger partial charge >= 0.3 is 0 Å². The maximum atomic E-state index is 5.97. The zero-order valence-electron chi connectivity index (χ0n) is 11.2. The number of hydrogen-bond donors (Lipinski definition) is 2. The van der Waals surface area contributed by atoms with Gasteiger partial charge in [0.2, 0.25) is 0 Å². The van der Waals surface area contributed by atoms with Crippen molar-refractivity contribution in [1.29, 1.82) is 0 Å². The number of hydrogen-bond acceptors (Lipinski definition) is 2. The van der Waals surface area contributed by atoms with Crippen LogP contribution in [0.1, 0.15) is 24.8 Å². The molecule has 1 aromatic carbocycles. The van der Waals surface area contributed by atoms with Gasteiger partial charge in [-0.3, -0.25) is 0 Å². The third-order valence-corrected chi connectivity index (χ3v) is 3.69. The normalized spacial score (nSPS) is 16.0. The Kier molecular flexibility index (Phi) is 4.91. The number of halogens is 1. The maximum Gasteiger partial charge on any atom is 0.188 e. The molecule has 0 spiro atoms. The van der Waals surface area contributed by atoms with Crippen LogP contribution in [0.15, 0.2) is 23.2 Å². The molecular weight excluding hydrogens is 262 g/mol. The van der Waals surface area contributed by atoms with Gasteiger partial charge in [-0.1, -0.05) is 18.0 Å². The minimum absolute atomic E-state index is 0.466. The first kappa shape index (κ1) is 14.0. The molecule has 1 fully saturated rings. The van der Waals surface area contributed by atoms with Gasteiger partial charge in [-0.25, -0.2) is 4.99 Å². The first-order chi connectivity index (χ1) is 9.19. The highest BCUT2D eigenvalue weighted by Crippen LogP contribution is 2.25. The third-order valence-electron chi connectivity index (χ3n) is 3.46. The van der Waals surface area contributed by atoms with Gasteiger partial charge in [0.25, 0.3) is 0 Å². The van der Waals surface area contributed by atoms with Crippen LogP contribution in [-0.2, 0) is 6.54 Å². The van der Waals surface area contributed by atoms with Crippen molar-refractivity contribution < 1.29 is 4.74 Å². The van der Waals surface area contributed by atoms with Crippen LogP contribution in [-0.4, -0.2) is 19.6 Å². The van der Waals surface area contributed by atoms with Gasteiger partial charge in [0.05, 0.1) is 13.7 Å². The number of nitrogens with two attached hydrogens (primary N) is 1. The fourth-order valence-corrected chi connectivity index (χ4v) is 2.24. The average molecular weight is 282 g/mol. The Morgan fingerprint density at radius 2 is 2.32 bits per heavy atom. The van der Waals surface area contributed by atoms with Crippen LogP contribution in [0.25, 0.3) is 0 Å². The number of nitrogens with one attached hydrogen (secondary N) is 1. The molecular formula is C14H20ClN3O. The van der Waals surface area contributed by atoms with Gasteiger partial charge in [0.15, 0.2) is 5.96 Å². The first-order valence-corrected chi connectivity index (χ1v) is 6.93. The average Bonchev–Trinajstić information content (AvgIpc) is 2.34. The van der Waals surface area contributed by atoms with Crippen molar-refractivity contribution in [2.24, 2.45) is 16.6 Å². The van der Waals surface area contributed by atoms with E-state index in [-0.39, 0.29) is 0 Å². The van der Waals surface area contributed by atoms with E-state index in [0.717, 1.165) is 23.8 Å². The molecule has 3 N–H and O–H groups in total. The molecule has 19 heavy (non-hydrogen) atoms. The Bertz CT molecular complexity index is 458. The van der Waals surface area contributed by atoms with E-state index in [1.54, 1.807) is 13.2 Å². The maximum absolute atomic E-state index is 5.97. The van der Waals surface area contributed by atoms with Crippen molar-refractivity contribution in [3.05, 3.63) is 28.8 Å². The van der Waals surface area contributed by atoms with Crippen LogP contribution in [0.4, 0.5) is 0 Å². The molecule has 0 radical (unpaired) electrons. The molecule has 0 atom stereocenters. The van der Waals surface area contributed by atoms with Crippen LogP contribution in [0.2, 0.25) is 5.02 Å². The number of methoxy groups -OCH3 is 1. The first-order valence-electron chi connectivity index (χ1n) is 6.55. The Labute approximate surface area is 119 Å². The molecule has 5 heteroatoms. The molecule has 1 aliphatic rings. The predicted octanol–water partition coefficient (Wildman–Crippen LogP) is 2.55. The largest absolute Gasteiger partial charge is 0.496 e. The van der Waals surface area contributed by atoms with Crippen LogP contribution in [0.5, 0.6) is 5.75 Å². The highest BCUT2D eigenvalue weighted by atomic mass is 35.5. The van der Waals surface area contributed by atoms with E-state index in [4.69, 9.17) is 22.1 Å². The van der Waals surface area contributed by atoms with Crippen molar-refractivity contribution >= 4 is 17.6 Å². The monoisotopic (exact) mass is 281 g/mol. The molecule has 0 saturated heterocycles. The lowest BCUT2D eigenvalue weighted by molar-refractivity contribution is 0.315. The minimum Gasteiger partial charge on any atom is -0.496 e. The summed E-state index contributed by atoms with van der Waals surface area (Å²) in [5.74, 6) is 2.02. The van der Waals surface area contributed by atoms with E-state index in [1.807, 2.05) is 12.1 Å². The van der Waals surface area contributed by atoms with Gasteiger partial charge in [-0.05, 0) is 37.0 Å². The van der Waals surface area contributed by atoms with E-state index in [2.05, 4.69) is 10.3 Å². The highest BCUT2D eigenvalue weighted by Gasteiger charge is 2.16. The lowest BCUT2D eigenvalue weighted by Crippen LogP contribution is -2.37. The van der Waals surface area contributed by atoms with Crippen molar-refractivity contribution in [2.75, 3.05) is 13.7 Å². The van der Waals surface area contributed by atoms with Gasteiger partial charge in [0.1, 0.15) is 5.75 Å². The van der Waals surface area contributed by atoms with Gasteiger partial charge in [-0.2, -0.15) is 0 Å². The van der Waals surface area contributed by atoms with Crippen LogP contribution in [0, 0.1) is 5.92 Å². The minimum atomic E-state index is 0.466. The molecule has 104 valence electrons. The number of ether oxygens (including phenoxy) is 1. The van der Waals surface area contributed by atoms with E-state index < -0.39 is 0 Å². The highest BCUT2D eigenvalue weighted by molar-refractivity contribution is 6.30. The summed E-state index contributed by atoms with van der Waals surface area (Å²) in [6.45, 7) is 1.38. The summed E-state index contributed by atoms with van der Waals surface area (Å²) >= 11 is 5.97. The zero-order valence-corrected chi connectivity index (χ0v) is 11.9. The Morgan fingerprint density at radius 1 is 1.53 bits per heavy atom. The smallest absolute Gasteiger partial charge is 0.188 e. The van der Waals surface area contributed by atoms with Crippen molar-refractivity contribution in [1.82, 2.24) is 5.32 Å². The number of nitrogens with zero attached hydrogens (tertiary/aromatic N) is 1. The standard InChI is InChI=1S/C14H20ClN3O/c1-19-13-6-5-12(15)7-11(13)9-18-14(16)17-8-10-3-2-4-10/h5-7,10H,2-4,8-9H2,1H3,(H3,16,17,18). The lowest BCUT2D eigenvalue weighted by atomic mass is 9.85. The Balaban J connectivity index is 1.90. The summed E-state index contributed by atoms with van der Waals surface area (Å²) in [6.07, 6.45) is 3.92. The summed E-state index contributed by atoms with van der Waals surface area (Å²) in [6, 6.07) is 5.49. The van der Waals surface area contributed by atoms with E-state index >= 15 is 0 Å². The summed E-state index contributed by atoms with van der Waals surface area (Å²) in [7, 11) is 1.63. The second-order valence-electron chi connectivity index (χ2n) is 4.84. The molecule has 2 rings (SSSR count). The lowest BCUT2D eigenvalue weighted by Gasteiger charge is -2.25. The number of guanidine groups is 1. The molecule has 1 aliphatic carbocycles. The SMILES string of the molecule is COc1ccc(Cl)cc1CN=C(N)NCC1CCC1. The fraction of sp³-hybridized carbons (Fsp3) is 0.500. The predicted molar refractivity (Wildman–Crippen MR) is 78.7 cm³/mol. The molecule has 0 amide bonds. The van der Waals surface area contributed by atoms with Crippen LogP contribution in [0.3, 0.4) is 0 Å². The summed E-state index contributed by atoms with van der Waals surface area (Å²) in [5, 5.41) is 3.83. The zero-order chi connectivity index (χ0) is 13.7. The quantitative estimate of drug-likeness (QED) is 0.644. The number of benzene rings is 1. The van der Waals surface area contributed by atoms with E-state index in [9.17, 15) is 0 Å². The molecule has 0 heterocycles. The summed E-state index contributed by atoms with van der Waals surface area (Å²) in [4.78, 5) is 4.32.